The van der Waals surface area contributed by atoms with Gasteiger partial charge in [-0.3, -0.25) is 5.10 Å². The number of aromatic amines is 1. The number of H-pyrrole nitrogens is 1. The van der Waals surface area contributed by atoms with Crippen LogP contribution in [-0.4, -0.2) is 46.0 Å². The van der Waals surface area contributed by atoms with E-state index in [1.165, 1.54) is 4.90 Å². The van der Waals surface area contributed by atoms with E-state index in [9.17, 15) is 9.90 Å². The van der Waals surface area contributed by atoms with E-state index in [1.54, 1.807) is 6.07 Å². The van der Waals surface area contributed by atoms with E-state index < -0.39 is 11.7 Å². The zero-order valence-corrected chi connectivity index (χ0v) is 14.7. The minimum absolute atomic E-state index is 0.278. The van der Waals surface area contributed by atoms with Crippen LogP contribution in [0.4, 0.5) is 10.6 Å². The van der Waals surface area contributed by atoms with Crippen LogP contribution in [0.1, 0.15) is 26.3 Å². The van der Waals surface area contributed by atoms with Crippen molar-refractivity contribution >= 4 is 11.9 Å². The second kappa shape index (κ2) is 6.07. The number of nitrogen functional groups attached to an aromatic ring is 1. The van der Waals surface area contributed by atoms with Gasteiger partial charge in [-0.05, 0) is 11.0 Å². The van der Waals surface area contributed by atoms with Gasteiger partial charge in [0.1, 0.15) is 11.4 Å². The van der Waals surface area contributed by atoms with E-state index in [0.717, 1.165) is 16.8 Å². The molecule has 7 heteroatoms. The molecular formula is C18H24N4O3. The van der Waals surface area contributed by atoms with E-state index in [2.05, 4.69) is 31.0 Å². The van der Waals surface area contributed by atoms with Gasteiger partial charge in [0.05, 0.1) is 18.8 Å². The van der Waals surface area contributed by atoms with Crippen LogP contribution in [0.2, 0.25) is 0 Å². The third-order valence-corrected chi connectivity index (χ3v) is 4.85. The predicted molar refractivity (Wildman–Crippen MR) is 95.1 cm³/mol. The number of morpholine rings is 1. The van der Waals surface area contributed by atoms with Crippen LogP contribution in [0.3, 0.4) is 0 Å². The molecule has 1 aliphatic rings. The maximum absolute atomic E-state index is 11.5. The van der Waals surface area contributed by atoms with Gasteiger partial charge in [0, 0.05) is 18.2 Å². The summed E-state index contributed by atoms with van der Waals surface area (Å²) in [5.74, 6) is 0.512. The fraction of sp³-hybridized carbons (Fsp3) is 0.444. The highest BCUT2D eigenvalue weighted by Crippen LogP contribution is 2.45. The number of aromatic nitrogens is 2. The van der Waals surface area contributed by atoms with Gasteiger partial charge in [-0.1, -0.05) is 45.0 Å². The second-order valence-corrected chi connectivity index (χ2v) is 7.42. The Morgan fingerprint density at radius 2 is 2.04 bits per heavy atom. The van der Waals surface area contributed by atoms with Crippen molar-refractivity contribution in [1.29, 1.82) is 0 Å². The van der Waals surface area contributed by atoms with Crippen LogP contribution in [0.15, 0.2) is 30.3 Å². The van der Waals surface area contributed by atoms with Crippen molar-refractivity contribution in [2.75, 3.05) is 25.4 Å². The van der Waals surface area contributed by atoms with Crippen LogP contribution in [0.25, 0.3) is 11.3 Å². The number of ether oxygens (including phenoxy) is 1. The summed E-state index contributed by atoms with van der Waals surface area (Å²) in [5, 5.41) is 16.3. The van der Waals surface area contributed by atoms with Crippen LogP contribution in [0.5, 0.6) is 0 Å². The molecule has 4 N–H and O–H groups in total. The molecule has 25 heavy (non-hydrogen) atoms. The number of carbonyl (C=O) groups is 1. The maximum Gasteiger partial charge on any atom is 0.407 e. The molecule has 1 aliphatic heterocycles. The molecule has 1 atom stereocenters. The number of nitrogens with zero attached hydrogens (tertiary/aromatic N) is 2. The van der Waals surface area contributed by atoms with Gasteiger partial charge >= 0.3 is 6.09 Å². The van der Waals surface area contributed by atoms with Gasteiger partial charge in [0.25, 0.3) is 0 Å². The quantitative estimate of drug-likeness (QED) is 0.777. The van der Waals surface area contributed by atoms with Crippen LogP contribution in [0, 0.1) is 5.41 Å². The molecule has 0 unspecified atom stereocenters. The molecule has 1 saturated heterocycles. The average Bonchev–Trinajstić information content (AvgIpc) is 3.00. The molecule has 3 rings (SSSR count). The van der Waals surface area contributed by atoms with E-state index in [0.29, 0.717) is 25.5 Å². The molecule has 2 heterocycles. The molecule has 0 spiro atoms. The molecule has 0 radical (unpaired) electrons. The third-order valence-electron chi connectivity index (χ3n) is 4.85. The number of benzene rings is 1. The molecule has 1 aromatic heterocycles. The highest BCUT2D eigenvalue weighted by atomic mass is 16.5. The molecule has 1 aromatic carbocycles. The minimum atomic E-state index is -0.916. The van der Waals surface area contributed by atoms with Gasteiger partial charge in [0.2, 0.25) is 0 Å². The first-order chi connectivity index (χ1) is 11.7. The van der Waals surface area contributed by atoms with Crippen molar-refractivity contribution in [2.45, 2.75) is 26.4 Å². The van der Waals surface area contributed by atoms with E-state index in [4.69, 9.17) is 10.5 Å². The lowest BCUT2D eigenvalue weighted by Gasteiger charge is -2.50. The normalized spacial score (nSPS) is 21.3. The fourth-order valence-corrected chi connectivity index (χ4v) is 3.34. The second-order valence-electron chi connectivity index (χ2n) is 7.42. The highest BCUT2D eigenvalue weighted by Gasteiger charge is 2.48. The van der Waals surface area contributed by atoms with Crippen molar-refractivity contribution < 1.29 is 14.6 Å². The van der Waals surface area contributed by atoms with Crippen molar-refractivity contribution in [2.24, 2.45) is 5.41 Å². The predicted octanol–water partition coefficient (Wildman–Crippen LogP) is 2.91. The van der Waals surface area contributed by atoms with Crippen LogP contribution >= 0.6 is 0 Å². The Morgan fingerprint density at radius 1 is 1.36 bits per heavy atom. The van der Waals surface area contributed by atoms with E-state index in [1.807, 2.05) is 24.3 Å². The topological polar surface area (TPSA) is 104 Å². The Morgan fingerprint density at radius 3 is 2.56 bits per heavy atom. The number of rotatable bonds is 2. The summed E-state index contributed by atoms with van der Waals surface area (Å²) in [4.78, 5) is 12.9. The molecule has 134 valence electrons. The number of hydrogen-bond donors (Lipinski definition) is 3. The third kappa shape index (κ3) is 3.07. The van der Waals surface area contributed by atoms with Crippen molar-refractivity contribution in [3.05, 3.63) is 35.9 Å². The smallest absolute Gasteiger partial charge is 0.407 e. The monoisotopic (exact) mass is 344 g/mol. The standard InChI is InChI=1S/C18H24N4O3/c1-17(2,3)18(11-22(16(23)24)8-9-25-18)13-6-4-12(5-7-13)14-10-15(19)21-20-14/h4-7,10H,8-9,11H2,1-3H3,(H,23,24)(H3,19,20,21)/t18-/m1/s1. The number of nitrogens with one attached hydrogen (secondary N) is 1. The Balaban J connectivity index is 1.98. The van der Waals surface area contributed by atoms with Crippen molar-refractivity contribution in [3.8, 4) is 11.3 Å². The van der Waals surface area contributed by atoms with Crippen molar-refractivity contribution in [3.63, 3.8) is 0 Å². The lowest BCUT2D eigenvalue weighted by atomic mass is 9.71. The molecule has 7 nitrogen and oxygen atoms in total. The maximum atomic E-state index is 11.5. The van der Waals surface area contributed by atoms with E-state index in [-0.39, 0.29) is 5.41 Å². The summed E-state index contributed by atoms with van der Waals surface area (Å²) >= 11 is 0. The summed E-state index contributed by atoms with van der Waals surface area (Å²) in [6, 6.07) is 9.66. The Bertz CT molecular complexity index is 763. The number of nitrogens with two attached hydrogens (primary N) is 1. The lowest BCUT2D eigenvalue weighted by molar-refractivity contribution is -0.166. The SMILES string of the molecule is CC(C)(C)[C@]1(c2ccc(-c3cc(N)[nH]n3)cc2)CN(C(=O)O)CCO1. The fourth-order valence-electron chi connectivity index (χ4n) is 3.34. The zero-order valence-electron chi connectivity index (χ0n) is 14.7. The Hall–Kier alpha value is -2.54. The lowest BCUT2D eigenvalue weighted by Crippen LogP contribution is -2.57. The molecule has 0 saturated carbocycles. The number of hydrogen-bond acceptors (Lipinski definition) is 4. The summed E-state index contributed by atoms with van der Waals surface area (Å²) in [6.45, 7) is 7.28. The number of carboxylic acid groups (broad SMARTS) is 1. The summed E-state index contributed by atoms with van der Waals surface area (Å²) in [6.07, 6.45) is -0.916. The van der Waals surface area contributed by atoms with Gasteiger partial charge < -0.3 is 20.5 Å². The molecule has 0 bridgehead atoms. The first kappa shape index (κ1) is 17.3. The number of anilines is 1. The van der Waals surface area contributed by atoms with Crippen LogP contribution in [-0.2, 0) is 10.3 Å². The Kier molecular flexibility index (Phi) is 4.20. The molecule has 1 fully saturated rings. The molecular weight excluding hydrogens is 320 g/mol. The van der Waals surface area contributed by atoms with Gasteiger partial charge in [-0.2, -0.15) is 5.10 Å². The number of amides is 1. The minimum Gasteiger partial charge on any atom is -0.465 e. The molecule has 0 aliphatic carbocycles. The molecule has 2 aromatic rings. The first-order valence-corrected chi connectivity index (χ1v) is 8.26. The van der Waals surface area contributed by atoms with Gasteiger partial charge in [-0.15, -0.1) is 0 Å². The molecule has 1 amide bonds. The van der Waals surface area contributed by atoms with Crippen molar-refractivity contribution in [1.82, 2.24) is 15.1 Å². The summed E-state index contributed by atoms with van der Waals surface area (Å²) in [7, 11) is 0. The zero-order chi connectivity index (χ0) is 18.2. The van der Waals surface area contributed by atoms with E-state index >= 15 is 0 Å². The highest BCUT2D eigenvalue weighted by molar-refractivity contribution is 5.65. The van der Waals surface area contributed by atoms with Gasteiger partial charge in [0.15, 0.2) is 0 Å². The summed E-state index contributed by atoms with van der Waals surface area (Å²) in [5.41, 5.74) is 7.37. The first-order valence-electron chi connectivity index (χ1n) is 8.26. The average molecular weight is 344 g/mol. The van der Waals surface area contributed by atoms with Crippen LogP contribution < -0.4 is 5.73 Å². The Labute approximate surface area is 146 Å². The largest absolute Gasteiger partial charge is 0.465 e. The van der Waals surface area contributed by atoms with Gasteiger partial charge in [-0.25, -0.2) is 4.79 Å². The summed E-state index contributed by atoms with van der Waals surface area (Å²) < 4.78 is 6.20.